The number of fused-ring (bicyclic) bond motifs is 4. The monoisotopic (exact) mass is 559 g/mol. The Balaban J connectivity index is 1.31. The molecule has 2 atom stereocenters. The highest BCUT2D eigenvalue weighted by Crippen LogP contribution is 2.51. The van der Waals surface area contributed by atoms with Crippen molar-refractivity contribution in [1.82, 2.24) is 10.6 Å². The van der Waals surface area contributed by atoms with Crippen LogP contribution in [0.3, 0.4) is 0 Å². The van der Waals surface area contributed by atoms with Gasteiger partial charge in [-0.05, 0) is 79.6 Å². The molecular formula is C40H37N3. The van der Waals surface area contributed by atoms with E-state index < -0.39 is 0 Å². The molecule has 0 fully saturated rings. The number of hydrogen-bond acceptors (Lipinski definition) is 3. The van der Waals surface area contributed by atoms with Crippen LogP contribution in [0.2, 0.25) is 0 Å². The van der Waals surface area contributed by atoms with Crippen molar-refractivity contribution in [2.75, 3.05) is 6.54 Å². The van der Waals surface area contributed by atoms with Gasteiger partial charge in [-0.25, -0.2) is 0 Å². The zero-order valence-electron chi connectivity index (χ0n) is 24.7. The molecule has 5 aromatic rings. The Hall–Kier alpha value is -4.70. The van der Waals surface area contributed by atoms with Crippen molar-refractivity contribution >= 4 is 22.5 Å². The predicted octanol–water partition coefficient (Wildman–Crippen LogP) is 8.65. The van der Waals surface area contributed by atoms with E-state index in [-0.39, 0.29) is 17.6 Å². The van der Waals surface area contributed by atoms with Gasteiger partial charge in [0.1, 0.15) is 0 Å². The number of benzene rings is 5. The topological polar surface area (TPSA) is 50.1 Å². The van der Waals surface area contributed by atoms with E-state index in [9.17, 15) is 0 Å². The number of dihydropyridines is 1. The zero-order valence-corrected chi connectivity index (χ0v) is 24.7. The second kappa shape index (κ2) is 11.2. The first kappa shape index (κ1) is 27.2. The lowest BCUT2D eigenvalue weighted by atomic mass is 9.81. The lowest BCUT2D eigenvalue weighted by molar-refractivity contribution is 0.509. The van der Waals surface area contributed by atoms with E-state index in [4.69, 9.17) is 5.73 Å². The second-order valence-electron chi connectivity index (χ2n) is 12.0. The summed E-state index contributed by atoms with van der Waals surface area (Å²) in [6.45, 7) is 5.53. The van der Waals surface area contributed by atoms with E-state index in [1.807, 2.05) is 18.2 Å². The Morgan fingerprint density at radius 2 is 1.53 bits per heavy atom. The lowest BCUT2D eigenvalue weighted by Gasteiger charge is -2.23. The molecule has 3 heteroatoms. The Labute approximate surface area is 254 Å². The molecule has 0 spiro atoms. The van der Waals surface area contributed by atoms with Gasteiger partial charge in [0.15, 0.2) is 0 Å². The van der Waals surface area contributed by atoms with Crippen LogP contribution in [0.1, 0.15) is 59.4 Å². The van der Waals surface area contributed by atoms with Crippen molar-refractivity contribution in [3.63, 3.8) is 0 Å². The van der Waals surface area contributed by atoms with Gasteiger partial charge in [-0.3, -0.25) is 5.32 Å². The van der Waals surface area contributed by atoms with Crippen LogP contribution in [0.4, 0.5) is 0 Å². The fraction of sp³-hybridized carbons (Fsp3) is 0.150. The molecule has 0 amide bonds. The molecule has 43 heavy (non-hydrogen) atoms. The van der Waals surface area contributed by atoms with Crippen molar-refractivity contribution in [2.24, 2.45) is 5.73 Å². The van der Waals surface area contributed by atoms with Crippen LogP contribution in [0.15, 0.2) is 133 Å². The predicted molar refractivity (Wildman–Crippen MR) is 181 cm³/mol. The largest absolute Gasteiger partial charge is 0.381 e. The molecule has 0 bridgehead atoms. The molecule has 7 rings (SSSR count). The highest BCUT2D eigenvalue weighted by molar-refractivity contribution is 5.95. The number of nitrogens with one attached hydrogen (secondary N) is 2. The minimum absolute atomic E-state index is 0.0740. The molecule has 212 valence electrons. The van der Waals surface area contributed by atoms with Gasteiger partial charge in [-0.1, -0.05) is 129 Å². The fourth-order valence-electron chi connectivity index (χ4n) is 6.61. The number of allylic oxidation sites excluding steroid dienone is 2. The van der Waals surface area contributed by atoms with Gasteiger partial charge in [0.05, 0.1) is 12.2 Å². The Morgan fingerprint density at radius 1 is 0.791 bits per heavy atom. The number of rotatable bonds is 7. The van der Waals surface area contributed by atoms with Gasteiger partial charge in [-0.15, -0.1) is 0 Å². The van der Waals surface area contributed by atoms with Gasteiger partial charge in [0.2, 0.25) is 0 Å². The van der Waals surface area contributed by atoms with Gasteiger partial charge >= 0.3 is 0 Å². The average molecular weight is 560 g/mol. The third kappa shape index (κ3) is 5.12. The minimum atomic E-state index is -0.318. The number of nitrogens with two attached hydrogens (primary N) is 1. The number of hydrogen-bond donors (Lipinski definition) is 3. The van der Waals surface area contributed by atoms with Crippen LogP contribution in [-0.2, 0) is 5.41 Å². The molecule has 0 aromatic heterocycles. The third-order valence-corrected chi connectivity index (χ3v) is 8.95. The Bertz CT molecular complexity index is 1890. The van der Waals surface area contributed by atoms with Gasteiger partial charge in [0, 0.05) is 17.7 Å². The first-order valence-electron chi connectivity index (χ1n) is 15.1. The van der Waals surface area contributed by atoms with E-state index in [1.165, 1.54) is 44.2 Å². The summed E-state index contributed by atoms with van der Waals surface area (Å²) in [6.07, 6.45) is 10.6. The van der Waals surface area contributed by atoms with Gasteiger partial charge in [0.25, 0.3) is 0 Å². The van der Waals surface area contributed by atoms with Crippen LogP contribution >= 0.6 is 0 Å². The molecule has 0 saturated heterocycles. The quantitative estimate of drug-likeness (QED) is 0.175. The van der Waals surface area contributed by atoms with Crippen LogP contribution in [-0.4, -0.2) is 6.54 Å². The van der Waals surface area contributed by atoms with Crippen molar-refractivity contribution in [2.45, 2.75) is 31.5 Å². The zero-order chi connectivity index (χ0) is 29.4. The molecule has 4 N–H and O–H groups in total. The maximum Gasteiger partial charge on any atom is 0.0817 e. The Kier molecular flexibility index (Phi) is 7.06. The summed E-state index contributed by atoms with van der Waals surface area (Å²) in [6, 6.07) is 39.0. The van der Waals surface area contributed by atoms with Crippen molar-refractivity contribution in [3.8, 4) is 11.1 Å². The van der Waals surface area contributed by atoms with Gasteiger partial charge in [-0.2, -0.15) is 0 Å². The summed E-state index contributed by atoms with van der Waals surface area (Å²) in [7, 11) is 0. The van der Waals surface area contributed by atoms with E-state index in [0.717, 1.165) is 23.4 Å². The molecule has 0 saturated carbocycles. The molecule has 1 heterocycles. The molecule has 0 radical (unpaired) electrons. The first-order chi connectivity index (χ1) is 21.0. The summed E-state index contributed by atoms with van der Waals surface area (Å²) in [4.78, 5) is 0. The minimum Gasteiger partial charge on any atom is -0.381 e. The lowest BCUT2D eigenvalue weighted by Crippen LogP contribution is -2.31. The van der Waals surface area contributed by atoms with Crippen molar-refractivity contribution < 1.29 is 0 Å². The summed E-state index contributed by atoms with van der Waals surface area (Å²) < 4.78 is 0. The second-order valence-corrected chi connectivity index (χ2v) is 12.0. The normalized spacial score (nSPS) is 16.4. The summed E-state index contributed by atoms with van der Waals surface area (Å²) in [5.74, 6) is 0. The smallest absolute Gasteiger partial charge is 0.0817 e. The maximum atomic E-state index is 6.75. The van der Waals surface area contributed by atoms with Crippen LogP contribution < -0.4 is 16.4 Å². The van der Waals surface area contributed by atoms with Crippen LogP contribution in [0.5, 0.6) is 0 Å². The molecule has 2 aliphatic rings. The summed E-state index contributed by atoms with van der Waals surface area (Å²) in [5, 5.41) is 9.77. The van der Waals surface area contributed by atoms with Crippen LogP contribution in [0.25, 0.3) is 33.7 Å². The summed E-state index contributed by atoms with van der Waals surface area (Å²) >= 11 is 0. The van der Waals surface area contributed by atoms with E-state index in [0.29, 0.717) is 0 Å². The highest BCUT2D eigenvalue weighted by Gasteiger charge is 2.36. The molecule has 1 aliphatic carbocycles. The van der Waals surface area contributed by atoms with E-state index >= 15 is 0 Å². The Morgan fingerprint density at radius 3 is 2.33 bits per heavy atom. The van der Waals surface area contributed by atoms with Crippen molar-refractivity contribution in [3.05, 3.63) is 167 Å². The molecule has 2 unspecified atom stereocenters. The van der Waals surface area contributed by atoms with Gasteiger partial charge < -0.3 is 11.1 Å². The van der Waals surface area contributed by atoms with Crippen LogP contribution in [0, 0.1) is 0 Å². The molecular weight excluding hydrogens is 522 g/mol. The molecule has 1 aliphatic heterocycles. The first-order valence-corrected chi connectivity index (χ1v) is 15.1. The highest BCUT2D eigenvalue weighted by atomic mass is 15.0. The fourth-order valence-corrected chi connectivity index (χ4v) is 6.61. The van der Waals surface area contributed by atoms with E-state index in [2.05, 4.69) is 146 Å². The molecule has 5 aromatic carbocycles. The molecule has 3 nitrogen and oxygen atoms in total. The van der Waals surface area contributed by atoms with E-state index in [1.54, 1.807) is 0 Å². The standard InChI is InChI=1S/C40H37N3/c1-40(2)34-19-11-16-27(38(34)33-25-29-14-6-7-15-30(29)26-35(33)40)21-22-37(43-39(41)28-12-4-3-5-13-28)32-18-10-17-31(24-32)36-20-8-9-23-42-36/h3-22,24-26,37,39,42-43H,23,41H2,1-2H3/b22-21+. The summed E-state index contributed by atoms with van der Waals surface area (Å²) in [5.41, 5.74) is 17.8. The maximum absolute atomic E-state index is 6.75. The average Bonchev–Trinajstić information content (AvgIpc) is 3.28. The van der Waals surface area contributed by atoms with Crippen molar-refractivity contribution in [1.29, 1.82) is 0 Å². The third-order valence-electron chi connectivity index (χ3n) is 8.95. The SMILES string of the molecule is CC1(C)c2cc3ccccc3cc2-c2c(/C=C/C(NC(N)c3ccccc3)c3cccc(C4=CC=CCN4)c3)cccc21.